The number of allylic oxidation sites excluding steroid dienone is 1. The van der Waals surface area contributed by atoms with Crippen LogP contribution in [0, 0.1) is 0 Å². The minimum absolute atomic E-state index is 0.247. The molecule has 1 aliphatic heterocycles. The lowest BCUT2D eigenvalue weighted by atomic mass is 10.2. The average molecular weight is 341 g/mol. The van der Waals surface area contributed by atoms with E-state index < -0.39 is 0 Å². The third kappa shape index (κ3) is 4.66. The minimum atomic E-state index is -0.342. The van der Waals surface area contributed by atoms with Gasteiger partial charge in [-0.25, -0.2) is 9.48 Å². The van der Waals surface area contributed by atoms with Gasteiger partial charge in [0.25, 0.3) is 5.91 Å². The molecule has 0 atom stereocenters. The summed E-state index contributed by atoms with van der Waals surface area (Å²) in [5.41, 5.74) is 1.35. The number of nitrogens with one attached hydrogen (secondary N) is 1. The molecular weight excluding hydrogens is 322 g/mol. The van der Waals surface area contributed by atoms with E-state index in [2.05, 4.69) is 15.6 Å². The zero-order valence-electron chi connectivity index (χ0n) is 13.7. The zero-order chi connectivity index (χ0) is 17.5. The second-order valence-electron chi connectivity index (χ2n) is 5.50. The van der Waals surface area contributed by atoms with E-state index in [1.807, 2.05) is 42.5 Å². The van der Waals surface area contributed by atoms with Crippen LogP contribution in [0.3, 0.4) is 0 Å². The van der Waals surface area contributed by atoms with E-state index in [0.717, 1.165) is 5.56 Å². The molecule has 1 aromatic carbocycles. The first-order chi connectivity index (χ1) is 12.2. The summed E-state index contributed by atoms with van der Waals surface area (Å²) in [6.45, 7) is 2.23. The Morgan fingerprint density at radius 1 is 1.32 bits per heavy atom. The van der Waals surface area contributed by atoms with Crippen molar-refractivity contribution in [2.75, 3.05) is 26.2 Å². The van der Waals surface area contributed by atoms with Crippen LogP contribution in [0.4, 0.5) is 4.79 Å². The summed E-state index contributed by atoms with van der Waals surface area (Å²) in [7, 11) is 0. The second-order valence-corrected chi connectivity index (χ2v) is 5.50. The number of benzene rings is 1. The highest BCUT2D eigenvalue weighted by Crippen LogP contribution is 2.03. The number of rotatable bonds is 7. The standard InChI is InChI=1S/C17H19N5O3/c23-16(18-8-10-21-11-12-25-17(21)24)15-13-22(20-19-15)9-4-7-14-5-2-1-3-6-14/h1-7,13H,8-12H2,(H,18,23)/b7-4+. The summed E-state index contributed by atoms with van der Waals surface area (Å²) in [6, 6.07) is 9.92. The number of ether oxygens (including phenoxy) is 1. The largest absolute Gasteiger partial charge is 0.448 e. The summed E-state index contributed by atoms with van der Waals surface area (Å²) in [6.07, 6.45) is 5.18. The van der Waals surface area contributed by atoms with Gasteiger partial charge in [-0.05, 0) is 5.56 Å². The van der Waals surface area contributed by atoms with Crippen molar-refractivity contribution in [3.63, 3.8) is 0 Å². The third-order valence-corrected chi connectivity index (χ3v) is 3.69. The number of carbonyl (C=O) groups excluding carboxylic acids is 2. The molecule has 130 valence electrons. The number of carbonyl (C=O) groups is 2. The maximum Gasteiger partial charge on any atom is 0.409 e. The first kappa shape index (κ1) is 16.7. The van der Waals surface area contributed by atoms with Crippen LogP contribution in [-0.2, 0) is 11.3 Å². The molecular formula is C17H19N5O3. The third-order valence-electron chi connectivity index (χ3n) is 3.69. The first-order valence-electron chi connectivity index (χ1n) is 8.04. The van der Waals surface area contributed by atoms with Crippen LogP contribution < -0.4 is 5.32 Å². The van der Waals surface area contributed by atoms with Gasteiger partial charge >= 0.3 is 6.09 Å². The van der Waals surface area contributed by atoms with Gasteiger partial charge < -0.3 is 15.0 Å². The van der Waals surface area contributed by atoms with Crippen LogP contribution in [0.25, 0.3) is 6.08 Å². The van der Waals surface area contributed by atoms with Gasteiger partial charge in [0.05, 0.1) is 19.3 Å². The highest BCUT2D eigenvalue weighted by Gasteiger charge is 2.21. The molecule has 1 aliphatic rings. The Morgan fingerprint density at radius 3 is 2.92 bits per heavy atom. The lowest BCUT2D eigenvalue weighted by molar-refractivity contribution is 0.0943. The average Bonchev–Trinajstić information content (AvgIpc) is 3.25. The van der Waals surface area contributed by atoms with Gasteiger partial charge in [0.1, 0.15) is 6.61 Å². The maximum atomic E-state index is 12.0. The number of aromatic nitrogens is 3. The highest BCUT2D eigenvalue weighted by molar-refractivity contribution is 5.91. The lowest BCUT2D eigenvalue weighted by Gasteiger charge is -2.12. The minimum Gasteiger partial charge on any atom is -0.448 e. The van der Waals surface area contributed by atoms with Crippen LogP contribution in [0.15, 0.2) is 42.6 Å². The zero-order valence-corrected chi connectivity index (χ0v) is 13.7. The van der Waals surface area contributed by atoms with Crippen molar-refractivity contribution in [2.24, 2.45) is 0 Å². The highest BCUT2D eigenvalue weighted by atomic mass is 16.6. The van der Waals surface area contributed by atoms with Gasteiger partial charge in [-0.3, -0.25) is 4.79 Å². The molecule has 2 amide bonds. The van der Waals surface area contributed by atoms with Crippen molar-refractivity contribution in [2.45, 2.75) is 6.54 Å². The fourth-order valence-electron chi connectivity index (χ4n) is 2.38. The van der Waals surface area contributed by atoms with Crippen molar-refractivity contribution < 1.29 is 14.3 Å². The van der Waals surface area contributed by atoms with Gasteiger partial charge in [0.15, 0.2) is 5.69 Å². The molecule has 8 nitrogen and oxygen atoms in total. The predicted molar refractivity (Wildman–Crippen MR) is 90.8 cm³/mol. The van der Waals surface area contributed by atoms with Crippen LogP contribution in [-0.4, -0.2) is 58.1 Å². The number of amides is 2. The van der Waals surface area contributed by atoms with Gasteiger partial charge in [-0.2, -0.15) is 0 Å². The van der Waals surface area contributed by atoms with Crippen molar-refractivity contribution in [1.29, 1.82) is 0 Å². The van der Waals surface area contributed by atoms with Crippen molar-refractivity contribution >= 4 is 18.1 Å². The van der Waals surface area contributed by atoms with Gasteiger partial charge in [0.2, 0.25) is 0 Å². The van der Waals surface area contributed by atoms with Crippen LogP contribution in [0.1, 0.15) is 16.1 Å². The molecule has 0 unspecified atom stereocenters. The number of hydrogen-bond donors (Lipinski definition) is 1. The molecule has 2 aromatic rings. The van der Waals surface area contributed by atoms with Crippen molar-refractivity contribution in [3.8, 4) is 0 Å². The molecule has 8 heteroatoms. The number of cyclic esters (lactones) is 1. The maximum absolute atomic E-state index is 12.0. The van der Waals surface area contributed by atoms with E-state index >= 15 is 0 Å². The van der Waals surface area contributed by atoms with Crippen LogP contribution in [0.5, 0.6) is 0 Å². The Hall–Kier alpha value is -3.16. The smallest absolute Gasteiger partial charge is 0.409 e. The molecule has 0 aliphatic carbocycles. The SMILES string of the molecule is O=C(NCCN1CCOC1=O)c1cn(C/C=C/c2ccccc2)nn1. The topological polar surface area (TPSA) is 89.4 Å². The van der Waals surface area contributed by atoms with E-state index in [-0.39, 0.29) is 17.7 Å². The Morgan fingerprint density at radius 2 is 2.16 bits per heavy atom. The summed E-state index contributed by atoms with van der Waals surface area (Å²) < 4.78 is 6.41. The molecule has 0 radical (unpaired) electrons. The van der Waals surface area contributed by atoms with E-state index in [1.165, 1.54) is 0 Å². The number of hydrogen-bond acceptors (Lipinski definition) is 5. The first-order valence-corrected chi connectivity index (χ1v) is 8.04. The predicted octanol–water partition coefficient (Wildman–Crippen LogP) is 1.17. The molecule has 25 heavy (non-hydrogen) atoms. The molecule has 1 aromatic heterocycles. The molecule has 3 rings (SSSR count). The summed E-state index contributed by atoms with van der Waals surface area (Å²) in [5.74, 6) is -0.314. The van der Waals surface area contributed by atoms with Crippen molar-refractivity contribution in [1.82, 2.24) is 25.2 Å². The fourth-order valence-corrected chi connectivity index (χ4v) is 2.38. The molecule has 1 saturated heterocycles. The number of nitrogens with zero attached hydrogens (tertiary/aromatic N) is 4. The van der Waals surface area contributed by atoms with Crippen LogP contribution >= 0.6 is 0 Å². The molecule has 0 spiro atoms. The monoisotopic (exact) mass is 341 g/mol. The summed E-state index contributed by atoms with van der Waals surface area (Å²) >= 11 is 0. The van der Waals surface area contributed by atoms with Gasteiger partial charge in [-0.15, -0.1) is 5.10 Å². The Bertz CT molecular complexity index is 757. The Balaban J connectivity index is 1.44. The fraction of sp³-hybridized carbons (Fsp3) is 0.294. The molecule has 1 fully saturated rings. The van der Waals surface area contributed by atoms with E-state index in [0.29, 0.717) is 32.8 Å². The van der Waals surface area contributed by atoms with E-state index in [9.17, 15) is 9.59 Å². The summed E-state index contributed by atoms with van der Waals surface area (Å²) in [5, 5.41) is 10.5. The molecule has 0 saturated carbocycles. The molecule has 2 heterocycles. The van der Waals surface area contributed by atoms with E-state index in [4.69, 9.17) is 4.74 Å². The van der Waals surface area contributed by atoms with E-state index in [1.54, 1.807) is 15.8 Å². The van der Waals surface area contributed by atoms with Crippen molar-refractivity contribution in [3.05, 3.63) is 53.9 Å². The Labute approximate surface area is 145 Å². The Kier molecular flexibility index (Phi) is 5.40. The lowest BCUT2D eigenvalue weighted by Crippen LogP contribution is -2.35. The molecule has 1 N–H and O–H groups in total. The normalized spacial score (nSPS) is 14.1. The summed E-state index contributed by atoms with van der Waals surface area (Å²) in [4.78, 5) is 24.9. The molecule has 0 bridgehead atoms. The van der Waals surface area contributed by atoms with Crippen LogP contribution in [0.2, 0.25) is 0 Å². The second kappa shape index (κ2) is 8.09. The van der Waals surface area contributed by atoms with Gasteiger partial charge in [0, 0.05) is 13.1 Å². The quantitative estimate of drug-likeness (QED) is 0.817. The van der Waals surface area contributed by atoms with Gasteiger partial charge in [-0.1, -0.05) is 47.7 Å².